The number of fused-ring (bicyclic) bond motifs is 1. The predicted molar refractivity (Wildman–Crippen MR) is 64.4 cm³/mol. The Bertz CT molecular complexity index is 277. The van der Waals surface area contributed by atoms with Crippen LogP contribution in [0.3, 0.4) is 0 Å². The van der Waals surface area contributed by atoms with Crippen molar-refractivity contribution >= 4 is 6.03 Å². The molecule has 0 N–H and O–H groups in total. The molecule has 16 heavy (non-hydrogen) atoms. The molecule has 2 atom stereocenters. The van der Waals surface area contributed by atoms with Crippen LogP contribution in [0.5, 0.6) is 0 Å². The Morgan fingerprint density at radius 2 is 1.81 bits per heavy atom. The summed E-state index contributed by atoms with van der Waals surface area (Å²) >= 11 is 0. The van der Waals surface area contributed by atoms with E-state index in [4.69, 9.17) is 0 Å². The maximum Gasteiger partial charge on any atom is 0.319 e. The van der Waals surface area contributed by atoms with E-state index < -0.39 is 0 Å². The summed E-state index contributed by atoms with van der Waals surface area (Å²) in [5, 5.41) is 0. The Morgan fingerprint density at radius 3 is 2.25 bits per heavy atom. The Hall–Kier alpha value is -0.770. The van der Waals surface area contributed by atoms with Crippen LogP contribution in [-0.2, 0) is 0 Å². The second kappa shape index (κ2) is 4.24. The van der Waals surface area contributed by atoms with E-state index in [0.29, 0.717) is 18.1 Å². The van der Waals surface area contributed by atoms with Gasteiger partial charge in [-0.1, -0.05) is 0 Å². The second-order valence-electron chi connectivity index (χ2n) is 5.41. The first-order valence-corrected chi connectivity index (χ1v) is 6.26. The minimum atomic E-state index is 0.179. The molecule has 4 heteroatoms. The van der Waals surface area contributed by atoms with Crippen LogP contribution in [0, 0.1) is 0 Å². The zero-order valence-corrected chi connectivity index (χ0v) is 10.8. The van der Waals surface area contributed by atoms with E-state index in [2.05, 4.69) is 23.6 Å². The van der Waals surface area contributed by atoms with Gasteiger partial charge < -0.3 is 9.80 Å². The molecule has 2 unspecified atom stereocenters. The van der Waals surface area contributed by atoms with Gasteiger partial charge in [0.25, 0.3) is 0 Å². The van der Waals surface area contributed by atoms with Crippen LogP contribution in [0.15, 0.2) is 0 Å². The first-order chi connectivity index (χ1) is 7.52. The monoisotopic (exact) mass is 225 g/mol. The van der Waals surface area contributed by atoms with Crippen molar-refractivity contribution < 1.29 is 4.79 Å². The fraction of sp³-hybridized carbons (Fsp3) is 0.917. The van der Waals surface area contributed by atoms with Crippen molar-refractivity contribution in [1.82, 2.24) is 14.7 Å². The molecule has 0 bridgehead atoms. The molecule has 0 aromatic rings. The largest absolute Gasteiger partial charge is 0.331 e. The van der Waals surface area contributed by atoms with E-state index in [1.54, 1.807) is 4.90 Å². The lowest BCUT2D eigenvalue weighted by atomic mass is 9.81. The highest BCUT2D eigenvalue weighted by atomic mass is 16.2. The van der Waals surface area contributed by atoms with Crippen LogP contribution >= 0.6 is 0 Å². The summed E-state index contributed by atoms with van der Waals surface area (Å²) in [5.74, 6) is 0. The molecular weight excluding hydrogens is 202 g/mol. The van der Waals surface area contributed by atoms with Gasteiger partial charge in [-0.25, -0.2) is 4.79 Å². The van der Waals surface area contributed by atoms with E-state index in [1.165, 1.54) is 12.8 Å². The average Bonchev–Trinajstić information content (AvgIpc) is 2.17. The van der Waals surface area contributed by atoms with Crippen LogP contribution in [0.2, 0.25) is 0 Å². The second-order valence-corrected chi connectivity index (χ2v) is 5.41. The Morgan fingerprint density at radius 1 is 1.19 bits per heavy atom. The van der Waals surface area contributed by atoms with Crippen molar-refractivity contribution in [2.75, 3.05) is 27.2 Å². The van der Waals surface area contributed by atoms with Gasteiger partial charge in [-0.3, -0.25) is 4.90 Å². The fourth-order valence-corrected chi connectivity index (χ4v) is 2.91. The van der Waals surface area contributed by atoms with Crippen LogP contribution in [0.4, 0.5) is 4.79 Å². The first kappa shape index (κ1) is 11.7. The van der Waals surface area contributed by atoms with Crippen LogP contribution in [0.25, 0.3) is 0 Å². The standard InChI is InChI=1S/C12H23N3O/c1-9(2)14-7-8-15(12(16)13(3)4)11-6-5-10(11)14/h9-11H,5-8H2,1-4H3. The molecule has 2 amide bonds. The van der Waals surface area contributed by atoms with Gasteiger partial charge in [-0.2, -0.15) is 0 Å². The Kier molecular flexibility index (Phi) is 3.10. The van der Waals surface area contributed by atoms with E-state index >= 15 is 0 Å². The molecular formula is C12H23N3O. The molecule has 1 aliphatic heterocycles. The van der Waals surface area contributed by atoms with E-state index in [1.807, 2.05) is 14.1 Å². The zero-order valence-electron chi connectivity index (χ0n) is 10.8. The molecule has 0 spiro atoms. The van der Waals surface area contributed by atoms with Gasteiger partial charge in [0.1, 0.15) is 0 Å². The summed E-state index contributed by atoms with van der Waals surface area (Å²) in [7, 11) is 3.68. The molecule has 1 saturated carbocycles. The summed E-state index contributed by atoms with van der Waals surface area (Å²) in [5.41, 5.74) is 0. The van der Waals surface area contributed by atoms with Gasteiger partial charge in [0.05, 0.1) is 0 Å². The third-order valence-corrected chi connectivity index (χ3v) is 3.92. The topological polar surface area (TPSA) is 26.8 Å². The molecule has 4 nitrogen and oxygen atoms in total. The lowest BCUT2D eigenvalue weighted by Gasteiger charge is -2.55. The lowest BCUT2D eigenvalue weighted by Crippen LogP contribution is -2.68. The van der Waals surface area contributed by atoms with Crippen molar-refractivity contribution in [3.8, 4) is 0 Å². The van der Waals surface area contributed by atoms with Crippen LogP contribution in [-0.4, -0.2) is 66.0 Å². The summed E-state index contributed by atoms with van der Waals surface area (Å²) in [4.78, 5) is 18.3. The third kappa shape index (κ3) is 1.79. The lowest BCUT2D eigenvalue weighted by molar-refractivity contribution is -0.0368. The number of hydrogen-bond acceptors (Lipinski definition) is 2. The fourth-order valence-electron chi connectivity index (χ4n) is 2.91. The molecule has 0 aromatic heterocycles. The number of piperazine rings is 1. The predicted octanol–water partition coefficient (Wildman–Crippen LogP) is 1.23. The summed E-state index contributed by atoms with van der Waals surface area (Å²) < 4.78 is 0. The molecule has 1 heterocycles. The quantitative estimate of drug-likeness (QED) is 0.671. The van der Waals surface area contributed by atoms with Gasteiger partial charge in [-0.05, 0) is 26.7 Å². The average molecular weight is 225 g/mol. The van der Waals surface area contributed by atoms with Crippen molar-refractivity contribution in [3.63, 3.8) is 0 Å². The van der Waals surface area contributed by atoms with Crippen LogP contribution < -0.4 is 0 Å². The number of hydrogen-bond donors (Lipinski definition) is 0. The number of carbonyl (C=O) groups is 1. The first-order valence-electron chi connectivity index (χ1n) is 6.26. The number of urea groups is 1. The summed E-state index contributed by atoms with van der Waals surface area (Å²) in [6.07, 6.45) is 2.42. The van der Waals surface area contributed by atoms with Crippen LogP contribution in [0.1, 0.15) is 26.7 Å². The molecule has 2 rings (SSSR count). The van der Waals surface area contributed by atoms with Gasteiger partial charge in [0, 0.05) is 45.3 Å². The highest BCUT2D eigenvalue weighted by Gasteiger charge is 2.45. The molecule has 0 aromatic carbocycles. The SMILES string of the molecule is CC(C)N1CCN(C(=O)N(C)C)C2CCC21. The number of nitrogens with zero attached hydrogens (tertiary/aromatic N) is 3. The molecule has 2 fully saturated rings. The van der Waals surface area contributed by atoms with E-state index in [9.17, 15) is 4.79 Å². The maximum atomic E-state index is 12.0. The smallest absolute Gasteiger partial charge is 0.319 e. The molecule has 1 saturated heterocycles. The highest BCUT2D eigenvalue weighted by Crippen LogP contribution is 2.34. The number of rotatable bonds is 1. The van der Waals surface area contributed by atoms with Crippen molar-refractivity contribution in [2.45, 2.75) is 44.8 Å². The minimum Gasteiger partial charge on any atom is -0.331 e. The molecule has 92 valence electrons. The molecule has 0 radical (unpaired) electrons. The van der Waals surface area contributed by atoms with Gasteiger partial charge in [0.15, 0.2) is 0 Å². The van der Waals surface area contributed by atoms with Crippen molar-refractivity contribution in [1.29, 1.82) is 0 Å². The Balaban J connectivity index is 2.04. The summed E-state index contributed by atoms with van der Waals surface area (Å²) in [6.45, 7) is 6.41. The summed E-state index contributed by atoms with van der Waals surface area (Å²) in [6, 6.07) is 1.85. The van der Waals surface area contributed by atoms with Gasteiger partial charge in [-0.15, -0.1) is 0 Å². The number of carbonyl (C=O) groups excluding carboxylic acids is 1. The molecule has 1 aliphatic carbocycles. The van der Waals surface area contributed by atoms with Crippen molar-refractivity contribution in [2.24, 2.45) is 0 Å². The minimum absolute atomic E-state index is 0.179. The number of amides is 2. The third-order valence-electron chi connectivity index (χ3n) is 3.92. The van der Waals surface area contributed by atoms with Crippen molar-refractivity contribution in [3.05, 3.63) is 0 Å². The van der Waals surface area contributed by atoms with E-state index in [0.717, 1.165) is 13.1 Å². The van der Waals surface area contributed by atoms with Gasteiger partial charge in [0.2, 0.25) is 0 Å². The van der Waals surface area contributed by atoms with Gasteiger partial charge >= 0.3 is 6.03 Å². The Labute approximate surface area is 98.2 Å². The maximum absolute atomic E-state index is 12.0. The highest BCUT2D eigenvalue weighted by molar-refractivity contribution is 5.74. The normalized spacial score (nSPS) is 29.9. The molecule has 2 aliphatic rings. The zero-order chi connectivity index (χ0) is 11.9. The van der Waals surface area contributed by atoms with E-state index in [-0.39, 0.29) is 6.03 Å².